The van der Waals surface area contributed by atoms with Gasteiger partial charge in [-0.15, -0.1) is 0 Å². The summed E-state index contributed by atoms with van der Waals surface area (Å²) in [5.74, 6) is -2.60. The molecule has 0 radical (unpaired) electrons. The van der Waals surface area contributed by atoms with E-state index in [1.165, 1.54) is 0 Å². The second-order valence-corrected chi connectivity index (χ2v) is 11.6. The van der Waals surface area contributed by atoms with Crippen molar-refractivity contribution >= 4 is 5.91 Å². The van der Waals surface area contributed by atoms with Gasteiger partial charge in [0.2, 0.25) is 5.91 Å². The molecule has 3 rings (SSSR count). The Balaban J connectivity index is 1.85. The summed E-state index contributed by atoms with van der Waals surface area (Å²) in [4.78, 5) is 12.6. The molecular formula is C25H48N4O11. The highest BCUT2D eigenvalue weighted by Crippen LogP contribution is 2.36. The molecule has 15 N–H and O–H groups in total. The van der Waals surface area contributed by atoms with Crippen LogP contribution in [0.5, 0.6) is 0 Å². The number of aliphatic hydroxyl groups excluding tert-OH is 8. The maximum absolute atomic E-state index is 12.6. The molecule has 15 nitrogen and oxygen atoms in total. The minimum Gasteiger partial charge on any atom is -0.396 e. The summed E-state index contributed by atoms with van der Waals surface area (Å²) < 4.78 is 12.2. The van der Waals surface area contributed by atoms with E-state index in [0.717, 1.165) is 0 Å². The van der Waals surface area contributed by atoms with Crippen LogP contribution in [0.15, 0.2) is 0 Å². The second-order valence-electron chi connectivity index (χ2n) is 11.6. The Morgan fingerprint density at radius 2 is 1.45 bits per heavy atom. The van der Waals surface area contributed by atoms with Gasteiger partial charge in [-0.05, 0) is 38.8 Å². The van der Waals surface area contributed by atoms with Gasteiger partial charge in [-0.1, -0.05) is 6.92 Å². The van der Waals surface area contributed by atoms with E-state index in [-0.39, 0.29) is 45.4 Å². The Morgan fingerprint density at radius 1 is 0.850 bits per heavy atom. The Bertz CT molecular complexity index is 811. The zero-order valence-corrected chi connectivity index (χ0v) is 22.7. The highest BCUT2D eigenvalue weighted by atomic mass is 16.6. The quantitative estimate of drug-likeness (QED) is 0.115. The maximum Gasteiger partial charge on any atom is 0.249 e. The summed E-state index contributed by atoms with van der Waals surface area (Å²) in [6, 6.07) is -1.84. The third-order valence-corrected chi connectivity index (χ3v) is 8.86. The lowest BCUT2D eigenvalue weighted by Gasteiger charge is -2.49. The predicted octanol–water partition coefficient (Wildman–Crippen LogP) is -5.79. The van der Waals surface area contributed by atoms with Crippen LogP contribution in [-0.2, 0) is 14.3 Å². The van der Waals surface area contributed by atoms with E-state index in [0.29, 0.717) is 0 Å². The Hall–Kier alpha value is -1.05. The molecule has 3 aliphatic carbocycles. The van der Waals surface area contributed by atoms with Crippen molar-refractivity contribution in [1.82, 2.24) is 5.32 Å². The third-order valence-electron chi connectivity index (χ3n) is 8.86. The number of aliphatic hydroxyl groups is 8. The van der Waals surface area contributed by atoms with Gasteiger partial charge < -0.3 is 72.8 Å². The van der Waals surface area contributed by atoms with Crippen molar-refractivity contribution in [3.05, 3.63) is 0 Å². The van der Waals surface area contributed by atoms with Crippen molar-refractivity contribution in [2.45, 2.75) is 112 Å². The first-order chi connectivity index (χ1) is 18.9. The van der Waals surface area contributed by atoms with Crippen molar-refractivity contribution in [2.24, 2.45) is 35.0 Å². The van der Waals surface area contributed by atoms with Crippen molar-refractivity contribution < 1.29 is 55.1 Å². The first kappa shape index (κ1) is 33.5. The number of hydrogen-bond donors (Lipinski definition) is 12. The molecule has 3 fully saturated rings. The first-order valence-corrected chi connectivity index (χ1v) is 14.0. The smallest absolute Gasteiger partial charge is 0.249 e. The summed E-state index contributed by atoms with van der Waals surface area (Å²) in [7, 11) is 0. The van der Waals surface area contributed by atoms with Crippen LogP contribution >= 0.6 is 0 Å². The number of nitrogens with one attached hydrogen (secondary N) is 1. The summed E-state index contributed by atoms with van der Waals surface area (Å²) in [5, 5.41) is 86.3. The van der Waals surface area contributed by atoms with E-state index in [4.69, 9.17) is 26.7 Å². The predicted molar refractivity (Wildman–Crippen MR) is 139 cm³/mol. The molecular weight excluding hydrogens is 532 g/mol. The third kappa shape index (κ3) is 7.11. The number of hydrogen-bond acceptors (Lipinski definition) is 14. The number of carbonyl (C=O) groups is 1. The summed E-state index contributed by atoms with van der Waals surface area (Å²) >= 11 is 0. The van der Waals surface area contributed by atoms with Crippen molar-refractivity contribution in [1.29, 1.82) is 0 Å². The van der Waals surface area contributed by atoms with Gasteiger partial charge in [-0.3, -0.25) is 4.79 Å². The van der Waals surface area contributed by atoms with Gasteiger partial charge in [0.05, 0.1) is 36.6 Å². The molecule has 0 saturated heterocycles. The van der Waals surface area contributed by atoms with Crippen molar-refractivity contribution in [3.8, 4) is 0 Å². The molecule has 0 spiro atoms. The molecule has 0 aromatic heterocycles. The molecule has 3 unspecified atom stereocenters. The van der Waals surface area contributed by atoms with Crippen LogP contribution < -0.4 is 22.5 Å². The molecule has 3 aliphatic rings. The molecule has 0 bridgehead atoms. The molecule has 3 saturated carbocycles. The SMILES string of the molecule is C[C@H]1[C@H](O)[C@@H](CO)C[C@H](OC2[C@@H](O)[C@H](OC3C[C@H](CN)[C@@H](O)[C@H](O)[C@H]3O)[C@@H](N)C[C@H]2NC(=O)C(O)CCN)[C@@H]1O. The molecule has 16 atom stereocenters. The summed E-state index contributed by atoms with van der Waals surface area (Å²) in [6.07, 6.45) is -13.6. The largest absolute Gasteiger partial charge is 0.396 e. The number of ether oxygens (including phenoxy) is 2. The van der Waals surface area contributed by atoms with Gasteiger partial charge in [-0.25, -0.2) is 0 Å². The Labute approximate surface area is 233 Å². The molecule has 0 aliphatic heterocycles. The van der Waals surface area contributed by atoms with E-state index in [1.54, 1.807) is 6.92 Å². The standard InChI is InChI=1S/C25H48N4O11/c1-9-17(32)11(8-30)5-15(18(9)33)40-24-13(29-25(38)14(31)2-3-26)6-12(28)23(22(24)37)39-16-4-10(7-27)19(34)21(36)20(16)35/h9-24,30-37H,2-8,26-28H2,1H3,(H,29,38)/t9-,10+,11+,12-,13+,14?,15-,16?,17-,18+,19+,20-,21-,22-,23+,24?/m0/s1. The van der Waals surface area contributed by atoms with Crippen LogP contribution in [-0.4, -0.2) is 146 Å². The van der Waals surface area contributed by atoms with Gasteiger partial charge in [0.25, 0.3) is 0 Å². The number of carbonyl (C=O) groups excluding carboxylic acids is 1. The minimum absolute atomic E-state index is 0.00457. The van der Waals surface area contributed by atoms with E-state index >= 15 is 0 Å². The molecule has 1 amide bonds. The van der Waals surface area contributed by atoms with Crippen LogP contribution in [0.25, 0.3) is 0 Å². The average molecular weight is 581 g/mol. The average Bonchev–Trinajstić information content (AvgIpc) is 2.92. The van der Waals surface area contributed by atoms with Crippen LogP contribution in [0.2, 0.25) is 0 Å². The molecule has 0 heterocycles. The van der Waals surface area contributed by atoms with E-state index < -0.39 is 103 Å². The van der Waals surface area contributed by atoms with Gasteiger partial charge in [0, 0.05) is 30.4 Å². The van der Waals surface area contributed by atoms with Gasteiger partial charge in [-0.2, -0.15) is 0 Å². The van der Waals surface area contributed by atoms with E-state index in [9.17, 15) is 45.6 Å². The van der Waals surface area contributed by atoms with Crippen molar-refractivity contribution in [2.75, 3.05) is 19.7 Å². The molecule has 234 valence electrons. The van der Waals surface area contributed by atoms with Gasteiger partial charge in [0.1, 0.15) is 36.6 Å². The summed E-state index contributed by atoms with van der Waals surface area (Å²) in [5.41, 5.74) is 17.5. The van der Waals surface area contributed by atoms with Gasteiger partial charge >= 0.3 is 0 Å². The fourth-order valence-corrected chi connectivity index (χ4v) is 6.22. The topological polar surface area (TPSA) is 287 Å². The van der Waals surface area contributed by atoms with Crippen molar-refractivity contribution in [3.63, 3.8) is 0 Å². The van der Waals surface area contributed by atoms with Crippen LogP contribution in [0, 0.1) is 17.8 Å². The Kier molecular flexibility index (Phi) is 12.1. The minimum atomic E-state index is -1.53. The Morgan fingerprint density at radius 3 is 2.05 bits per heavy atom. The van der Waals surface area contributed by atoms with Crippen LogP contribution in [0.4, 0.5) is 0 Å². The lowest BCUT2D eigenvalue weighted by atomic mass is 9.76. The summed E-state index contributed by atoms with van der Waals surface area (Å²) in [6.45, 7) is 1.32. The molecule has 40 heavy (non-hydrogen) atoms. The molecule has 0 aromatic rings. The molecule has 0 aromatic carbocycles. The number of amides is 1. The first-order valence-electron chi connectivity index (χ1n) is 14.0. The lowest BCUT2D eigenvalue weighted by molar-refractivity contribution is -0.236. The van der Waals surface area contributed by atoms with Gasteiger partial charge in [0.15, 0.2) is 0 Å². The molecule has 15 heteroatoms. The van der Waals surface area contributed by atoms with E-state index in [2.05, 4.69) is 5.32 Å². The van der Waals surface area contributed by atoms with Crippen LogP contribution in [0.3, 0.4) is 0 Å². The fourth-order valence-electron chi connectivity index (χ4n) is 6.22. The van der Waals surface area contributed by atoms with E-state index in [1.807, 2.05) is 0 Å². The fraction of sp³-hybridized carbons (Fsp3) is 0.960. The van der Waals surface area contributed by atoms with Crippen LogP contribution in [0.1, 0.15) is 32.6 Å². The second kappa shape index (κ2) is 14.4. The maximum atomic E-state index is 12.6. The number of rotatable bonds is 10. The lowest BCUT2D eigenvalue weighted by Crippen LogP contribution is -2.68. The number of nitrogens with two attached hydrogens (primary N) is 3. The zero-order valence-electron chi connectivity index (χ0n) is 22.7. The highest BCUT2D eigenvalue weighted by Gasteiger charge is 2.51. The monoisotopic (exact) mass is 580 g/mol. The zero-order chi connectivity index (χ0) is 29.9. The highest BCUT2D eigenvalue weighted by molar-refractivity contribution is 5.80. The normalized spacial score (nSPS) is 47.0.